The van der Waals surface area contributed by atoms with E-state index in [0.717, 1.165) is 11.0 Å². The number of imidazole rings is 1. The number of nitro groups is 1. The maximum Gasteiger partial charge on any atom is 0.271 e. The van der Waals surface area contributed by atoms with Crippen LogP contribution in [0.5, 0.6) is 0 Å². The van der Waals surface area contributed by atoms with E-state index in [1.165, 1.54) is 12.1 Å². The highest BCUT2D eigenvalue weighted by atomic mass is 16.6. The van der Waals surface area contributed by atoms with Crippen molar-refractivity contribution in [3.05, 3.63) is 46.8 Å². The Kier molecular flexibility index (Phi) is 2.38. The molecule has 3 aromatic rings. The van der Waals surface area contributed by atoms with Crippen molar-refractivity contribution >= 4 is 22.4 Å². The van der Waals surface area contributed by atoms with E-state index in [1.54, 1.807) is 24.5 Å². The van der Waals surface area contributed by atoms with Gasteiger partial charge in [0.05, 0.1) is 22.2 Å². The number of non-ortho nitro benzene ring substituents is 1. The summed E-state index contributed by atoms with van der Waals surface area (Å²) in [5, 5.41) is 10.7. The molecule has 3 rings (SSSR count). The third-order valence-corrected chi connectivity index (χ3v) is 2.78. The number of nitrogen functional groups attached to an aromatic ring is 1. The number of anilines is 1. The molecule has 0 saturated carbocycles. The van der Waals surface area contributed by atoms with E-state index in [-0.39, 0.29) is 5.69 Å². The Balaban J connectivity index is 2.13. The number of nitrogens with two attached hydrogens (primary N) is 1. The van der Waals surface area contributed by atoms with Crippen LogP contribution in [0.3, 0.4) is 0 Å². The number of nitrogens with zero attached hydrogens (tertiary/aromatic N) is 3. The van der Waals surface area contributed by atoms with Crippen LogP contribution in [0.15, 0.2) is 36.7 Å². The molecule has 0 saturated heterocycles. The Morgan fingerprint density at radius 3 is 2.84 bits per heavy atom. The first kappa shape index (κ1) is 11.1. The fourth-order valence-corrected chi connectivity index (χ4v) is 1.86. The lowest BCUT2D eigenvalue weighted by atomic mass is 10.1. The minimum Gasteiger partial charge on any atom is -0.398 e. The molecule has 0 aliphatic carbocycles. The van der Waals surface area contributed by atoms with E-state index in [0.29, 0.717) is 17.1 Å². The van der Waals surface area contributed by atoms with Crippen molar-refractivity contribution in [2.24, 2.45) is 0 Å². The monoisotopic (exact) mass is 255 g/mol. The molecule has 0 atom stereocenters. The van der Waals surface area contributed by atoms with Crippen LogP contribution >= 0.6 is 0 Å². The highest BCUT2D eigenvalue weighted by Gasteiger charge is 2.12. The molecular formula is C12H9N5O2. The zero-order valence-electron chi connectivity index (χ0n) is 9.70. The summed E-state index contributed by atoms with van der Waals surface area (Å²) >= 11 is 0. The van der Waals surface area contributed by atoms with Crippen LogP contribution in [0.25, 0.3) is 22.4 Å². The topological polar surface area (TPSA) is 111 Å². The number of aromatic amines is 1. The lowest BCUT2D eigenvalue weighted by Gasteiger charge is -2.01. The van der Waals surface area contributed by atoms with Crippen LogP contribution in [-0.2, 0) is 0 Å². The Morgan fingerprint density at radius 1 is 1.32 bits per heavy atom. The minimum absolute atomic E-state index is 0.0426. The van der Waals surface area contributed by atoms with E-state index in [2.05, 4.69) is 15.0 Å². The number of hydrogen-bond acceptors (Lipinski definition) is 5. The van der Waals surface area contributed by atoms with Gasteiger partial charge in [0.1, 0.15) is 5.82 Å². The van der Waals surface area contributed by atoms with Crippen molar-refractivity contribution in [2.75, 3.05) is 5.73 Å². The standard InChI is InChI=1S/C12H9N5O2/c13-9-5-7(17(18)19)1-2-8(9)12-15-10-3-4-14-6-11(10)16-12/h1-6H,13H2,(H,15,16). The van der Waals surface area contributed by atoms with Gasteiger partial charge in [-0.1, -0.05) is 0 Å². The fraction of sp³-hybridized carbons (Fsp3) is 0. The van der Waals surface area contributed by atoms with Crippen molar-refractivity contribution in [2.45, 2.75) is 0 Å². The van der Waals surface area contributed by atoms with Crippen molar-refractivity contribution in [3.63, 3.8) is 0 Å². The molecule has 0 aliphatic rings. The lowest BCUT2D eigenvalue weighted by molar-refractivity contribution is -0.384. The summed E-state index contributed by atoms with van der Waals surface area (Å²) in [4.78, 5) is 21.6. The first-order valence-corrected chi connectivity index (χ1v) is 5.49. The van der Waals surface area contributed by atoms with Crippen molar-refractivity contribution < 1.29 is 4.92 Å². The molecule has 0 amide bonds. The van der Waals surface area contributed by atoms with Gasteiger partial charge in [0.2, 0.25) is 0 Å². The van der Waals surface area contributed by atoms with Crippen molar-refractivity contribution in [3.8, 4) is 11.4 Å². The second-order valence-corrected chi connectivity index (χ2v) is 4.01. The molecule has 2 heterocycles. The summed E-state index contributed by atoms with van der Waals surface area (Å²) in [6.45, 7) is 0. The number of nitrogens with one attached hydrogen (secondary N) is 1. The Labute approximate surface area is 107 Å². The lowest BCUT2D eigenvalue weighted by Crippen LogP contribution is -1.94. The highest BCUT2D eigenvalue weighted by Crippen LogP contribution is 2.28. The SMILES string of the molecule is Nc1cc([N+](=O)[O-])ccc1-c1nc2ccncc2[nH]1. The average molecular weight is 255 g/mol. The summed E-state index contributed by atoms with van der Waals surface area (Å²) < 4.78 is 0. The number of H-pyrrole nitrogens is 1. The summed E-state index contributed by atoms with van der Waals surface area (Å²) in [6, 6.07) is 6.08. The predicted molar refractivity (Wildman–Crippen MR) is 70.4 cm³/mol. The van der Waals surface area contributed by atoms with Gasteiger partial charge in [-0.15, -0.1) is 0 Å². The van der Waals surface area contributed by atoms with E-state index >= 15 is 0 Å². The molecule has 3 N–H and O–H groups in total. The predicted octanol–water partition coefficient (Wildman–Crippen LogP) is 2.12. The van der Waals surface area contributed by atoms with Gasteiger partial charge >= 0.3 is 0 Å². The second-order valence-electron chi connectivity index (χ2n) is 4.01. The first-order chi connectivity index (χ1) is 9.15. The number of benzene rings is 1. The molecule has 0 bridgehead atoms. The fourth-order valence-electron chi connectivity index (χ4n) is 1.86. The van der Waals surface area contributed by atoms with Gasteiger partial charge < -0.3 is 10.7 Å². The van der Waals surface area contributed by atoms with Gasteiger partial charge in [0.15, 0.2) is 0 Å². The maximum absolute atomic E-state index is 10.7. The molecule has 2 aromatic heterocycles. The van der Waals surface area contributed by atoms with Gasteiger partial charge in [0.25, 0.3) is 5.69 Å². The number of hydrogen-bond donors (Lipinski definition) is 2. The van der Waals surface area contributed by atoms with Crippen LogP contribution in [0, 0.1) is 10.1 Å². The second kappa shape index (κ2) is 4.05. The molecule has 0 spiro atoms. The summed E-state index contributed by atoms with van der Waals surface area (Å²) in [5.41, 5.74) is 8.28. The van der Waals surface area contributed by atoms with Gasteiger partial charge in [-0.25, -0.2) is 4.98 Å². The third kappa shape index (κ3) is 1.86. The van der Waals surface area contributed by atoms with Crippen LogP contribution in [0.2, 0.25) is 0 Å². The number of rotatable bonds is 2. The Hall–Kier alpha value is -2.96. The number of fused-ring (bicyclic) bond motifs is 1. The van der Waals surface area contributed by atoms with Crippen LogP contribution < -0.4 is 5.73 Å². The van der Waals surface area contributed by atoms with Crippen LogP contribution in [0.4, 0.5) is 11.4 Å². The summed E-state index contributed by atoms with van der Waals surface area (Å²) in [7, 11) is 0. The molecular weight excluding hydrogens is 246 g/mol. The molecule has 0 radical (unpaired) electrons. The molecule has 0 aliphatic heterocycles. The number of aromatic nitrogens is 3. The highest BCUT2D eigenvalue weighted by molar-refractivity contribution is 5.82. The number of pyridine rings is 1. The van der Waals surface area contributed by atoms with Crippen molar-refractivity contribution in [1.82, 2.24) is 15.0 Å². The van der Waals surface area contributed by atoms with E-state index in [4.69, 9.17) is 5.73 Å². The maximum atomic E-state index is 10.7. The smallest absolute Gasteiger partial charge is 0.271 e. The normalized spacial score (nSPS) is 10.7. The Bertz CT molecular complexity index is 748. The van der Waals surface area contributed by atoms with Crippen LogP contribution in [0.1, 0.15) is 0 Å². The van der Waals surface area contributed by atoms with Gasteiger partial charge in [0, 0.05) is 29.6 Å². The molecule has 0 unspecified atom stereocenters. The van der Waals surface area contributed by atoms with E-state index < -0.39 is 4.92 Å². The molecule has 7 heteroatoms. The van der Waals surface area contributed by atoms with Crippen LogP contribution in [-0.4, -0.2) is 19.9 Å². The molecule has 94 valence electrons. The molecule has 0 fully saturated rings. The Morgan fingerprint density at radius 2 is 2.16 bits per heavy atom. The third-order valence-electron chi connectivity index (χ3n) is 2.78. The molecule has 1 aromatic carbocycles. The summed E-state index contributed by atoms with van der Waals surface area (Å²) in [6.07, 6.45) is 3.31. The number of nitro benzene ring substituents is 1. The zero-order chi connectivity index (χ0) is 13.4. The van der Waals surface area contributed by atoms with E-state index in [1.807, 2.05) is 0 Å². The van der Waals surface area contributed by atoms with E-state index in [9.17, 15) is 10.1 Å². The molecule has 7 nitrogen and oxygen atoms in total. The van der Waals surface area contributed by atoms with Gasteiger partial charge in [-0.2, -0.15) is 0 Å². The van der Waals surface area contributed by atoms with Gasteiger partial charge in [-0.05, 0) is 12.1 Å². The largest absolute Gasteiger partial charge is 0.398 e. The van der Waals surface area contributed by atoms with Crippen molar-refractivity contribution in [1.29, 1.82) is 0 Å². The average Bonchev–Trinajstić information content (AvgIpc) is 2.81. The van der Waals surface area contributed by atoms with Gasteiger partial charge in [-0.3, -0.25) is 15.1 Å². The minimum atomic E-state index is -0.483. The summed E-state index contributed by atoms with van der Waals surface area (Å²) in [5.74, 6) is 0.565. The zero-order valence-corrected chi connectivity index (χ0v) is 9.70. The quantitative estimate of drug-likeness (QED) is 0.414. The molecule has 19 heavy (non-hydrogen) atoms. The first-order valence-electron chi connectivity index (χ1n) is 5.49.